The summed E-state index contributed by atoms with van der Waals surface area (Å²) in [5.41, 5.74) is 5.41. The van der Waals surface area contributed by atoms with Gasteiger partial charge in [-0.25, -0.2) is 4.98 Å². The Bertz CT molecular complexity index is 305. The van der Waals surface area contributed by atoms with Crippen LogP contribution in [0, 0.1) is 0 Å². The second kappa shape index (κ2) is 6.58. The SMILES string of the molecule is CCNc1ncc(Br)c(NCCCN)n1. The highest BCUT2D eigenvalue weighted by molar-refractivity contribution is 9.10. The van der Waals surface area contributed by atoms with Crippen molar-refractivity contribution < 1.29 is 0 Å². The lowest BCUT2D eigenvalue weighted by molar-refractivity contribution is 0.868. The minimum Gasteiger partial charge on any atom is -0.369 e. The molecule has 0 aliphatic carbocycles. The minimum atomic E-state index is 0.635. The molecule has 0 aromatic carbocycles. The van der Waals surface area contributed by atoms with Gasteiger partial charge in [-0.3, -0.25) is 0 Å². The van der Waals surface area contributed by atoms with E-state index in [1.165, 1.54) is 0 Å². The number of anilines is 2. The molecule has 1 heterocycles. The summed E-state index contributed by atoms with van der Waals surface area (Å²) in [5, 5.41) is 6.25. The number of nitrogens with one attached hydrogen (secondary N) is 2. The fraction of sp³-hybridized carbons (Fsp3) is 0.556. The summed E-state index contributed by atoms with van der Waals surface area (Å²) < 4.78 is 0.862. The molecule has 1 aromatic rings. The van der Waals surface area contributed by atoms with Crippen molar-refractivity contribution in [2.24, 2.45) is 5.73 Å². The van der Waals surface area contributed by atoms with E-state index in [4.69, 9.17) is 5.73 Å². The Labute approximate surface area is 98.0 Å². The first-order valence-electron chi connectivity index (χ1n) is 4.98. The Morgan fingerprint density at radius 1 is 1.47 bits per heavy atom. The molecular formula is C9H16BrN5. The number of hydrogen-bond acceptors (Lipinski definition) is 5. The van der Waals surface area contributed by atoms with Gasteiger partial charge in [-0.15, -0.1) is 0 Å². The van der Waals surface area contributed by atoms with E-state index < -0.39 is 0 Å². The molecule has 6 heteroatoms. The fourth-order valence-corrected chi connectivity index (χ4v) is 1.37. The summed E-state index contributed by atoms with van der Waals surface area (Å²) in [5.74, 6) is 1.44. The quantitative estimate of drug-likeness (QED) is 0.684. The highest BCUT2D eigenvalue weighted by atomic mass is 79.9. The lowest BCUT2D eigenvalue weighted by Crippen LogP contribution is -2.11. The lowest BCUT2D eigenvalue weighted by Gasteiger charge is -2.08. The molecule has 0 aliphatic heterocycles. The van der Waals surface area contributed by atoms with Gasteiger partial charge >= 0.3 is 0 Å². The fourth-order valence-electron chi connectivity index (χ4n) is 1.04. The maximum absolute atomic E-state index is 5.41. The van der Waals surface area contributed by atoms with Gasteiger partial charge in [0.25, 0.3) is 0 Å². The zero-order valence-corrected chi connectivity index (χ0v) is 10.3. The highest BCUT2D eigenvalue weighted by Crippen LogP contribution is 2.19. The normalized spacial score (nSPS) is 10.1. The molecule has 1 aromatic heterocycles. The van der Waals surface area contributed by atoms with E-state index in [1.807, 2.05) is 6.92 Å². The van der Waals surface area contributed by atoms with E-state index in [0.717, 1.165) is 29.8 Å². The van der Waals surface area contributed by atoms with Gasteiger partial charge in [0, 0.05) is 19.3 Å². The number of hydrogen-bond donors (Lipinski definition) is 3. The van der Waals surface area contributed by atoms with E-state index in [-0.39, 0.29) is 0 Å². The van der Waals surface area contributed by atoms with Crippen molar-refractivity contribution in [3.8, 4) is 0 Å². The van der Waals surface area contributed by atoms with Crippen LogP contribution in [0.3, 0.4) is 0 Å². The molecular weight excluding hydrogens is 258 g/mol. The van der Waals surface area contributed by atoms with Crippen LogP contribution in [-0.4, -0.2) is 29.6 Å². The Morgan fingerprint density at radius 3 is 2.93 bits per heavy atom. The van der Waals surface area contributed by atoms with E-state index in [2.05, 4.69) is 36.5 Å². The van der Waals surface area contributed by atoms with Crippen molar-refractivity contribution in [2.75, 3.05) is 30.3 Å². The first kappa shape index (κ1) is 12.2. The standard InChI is InChI=1S/C9H16BrN5/c1-2-12-9-14-6-7(10)8(15-9)13-5-3-4-11/h6H,2-5,11H2,1H3,(H2,12,13,14,15). The summed E-state index contributed by atoms with van der Waals surface area (Å²) in [4.78, 5) is 8.44. The molecule has 84 valence electrons. The van der Waals surface area contributed by atoms with Gasteiger partial charge in [0.1, 0.15) is 5.82 Å². The van der Waals surface area contributed by atoms with Crippen LogP contribution in [0.5, 0.6) is 0 Å². The summed E-state index contributed by atoms with van der Waals surface area (Å²) in [7, 11) is 0. The van der Waals surface area contributed by atoms with E-state index in [1.54, 1.807) is 6.20 Å². The number of aromatic nitrogens is 2. The first-order valence-corrected chi connectivity index (χ1v) is 5.77. The molecule has 1 rings (SSSR count). The van der Waals surface area contributed by atoms with E-state index in [9.17, 15) is 0 Å². The maximum atomic E-state index is 5.41. The van der Waals surface area contributed by atoms with Crippen molar-refractivity contribution in [3.63, 3.8) is 0 Å². The zero-order chi connectivity index (χ0) is 11.1. The molecule has 4 N–H and O–H groups in total. The molecule has 0 aliphatic rings. The molecule has 5 nitrogen and oxygen atoms in total. The summed E-state index contributed by atoms with van der Waals surface area (Å²) >= 11 is 3.39. The molecule has 0 fully saturated rings. The van der Waals surface area contributed by atoms with Crippen LogP contribution in [-0.2, 0) is 0 Å². The third-order valence-electron chi connectivity index (χ3n) is 1.75. The maximum Gasteiger partial charge on any atom is 0.224 e. The average Bonchev–Trinajstić information content (AvgIpc) is 2.23. The molecule has 0 radical (unpaired) electrons. The molecule has 0 saturated carbocycles. The van der Waals surface area contributed by atoms with Crippen LogP contribution in [0.4, 0.5) is 11.8 Å². The zero-order valence-electron chi connectivity index (χ0n) is 8.76. The van der Waals surface area contributed by atoms with Gasteiger partial charge in [-0.05, 0) is 35.8 Å². The minimum absolute atomic E-state index is 0.635. The van der Waals surface area contributed by atoms with E-state index in [0.29, 0.717) is 12.5 Å². The number of rotatable bonds is 6. The van der Waals surface area contributed by atoms with Crippen molar-refractivity contribution >= 4 is 27.7 Å². The Balaban J connectivity index is 2.63. The topological polar surface area (TPSA) is 75.9 Å². The van der Waals surface area contributed by atoms with Crippen LogP contribution < -0.4 is 16.4 Å². The van der Waals surface area contributed by atoms with Gasteiger partial charge in [0.15, 0.2) is 0 Å². The Kier molecular flexibility index (Phi) is 5.34. The van der Waals surface area contributed by atoms with Gasteiger partial charge in [-0.2, -0.15) is 4.98 Å². The monoisotopic (exact) mass is 273 g/mol. The predicted octanol–water partition coefficient (Wildman–Crippen LogP) is 1.43. The van der Waals surface area contributed by atoms with Crippen LogP contribution in [0.25, 0.3) is 0 Å². The molecule has 0 atom stereocenters. The Morgan fingerprint density at radius 2 is 2.27 bits per heavy atom. The second-order valence-electron chi connectivity index (χ2n) is 2.99. The third-order valence-corrected chi connectivity index (χ3v) is 2.33. The van der Waals surface area contributed by atoms with Crippen LogP contribution in [0.2, 0.25) is 0 Å². The molecule has 0 bridgehead atoms. The van der Waals surface area contributed by atoms with Gasteiger partial charge < -0.3 is 16.4 Å². The molecule has 0 amide bonds. The molecule has 0 unspecified atom stereocenters. The molecule has 0 spiro atoms. The molecule has 15 heavy (non-hydrogen) atoms. The summed E-state index contributed by atoms with van der Waals surface area (Å²) in [6.45, 7) is 4.31. The number of halogens is 1. The largest absolute Gasteiger partial charge is 0.369 e. The van der Waals surface area contributed by atoms with Gasteiger partial charge in [0.2, 0.25) is 5.95 Å². The second-order valence-corrected chi connectivity index (χ2v) is 3.84. The van der Waals surface area contributed by atoms with Crippen molar-refractivity contribution in [3.05, 3.63) is 10.7 Å². The predicted molar refractivity (Wildman–Crippen MR) is 66.1 cm³/mol. The third kappa shape index (κ3) is 4.01. The number of nitrogens with zero attached hydrogens (tertiary/aromatic N) is 2. The Hall–Kier alpha value is -0.880. The van der Waals surface area contributed by atoms with Crippen LogP contribution >= 0.6 is 15.9 Å². The lowest BCUT2D eigenvalue weighted by atomic mass is 10.4. The van der Waals surface area contributed by atoms with Crippen molar-refractivity contribution in [1.29, 1.82) is 0 Å². The van der Waals surface area contributed by atoms with Crippen LogP contribution in [0.1, 0.15) is 13.3 Å². The number of nitrogens with two attached hydrogens (primary N) is 1. The van der Waals surface area contributed by atoms with Crippen LogP contribution in [0.15, 0.2) is 10.7 Å². The highest BCUT2D eigenvalue weighted by Gasteiger charge is 2.03. The van der Waals surface area contributed by atoms with Gasteiger partial charge in [-0.1, -0.05) is 0 Å². The summed E-state index contributed by atoms with van der Waals surface area (Å²) in [6, 6.07) is 0. The van der Waals surface area contributed by atoms with Gasteiger partial charge in [0.05, 0.1) is 4.47 Å². The summed E-state index contributed by atoms with van der Waals surface area (Å²) in [6.07, 6.45) is 2.66. The smallest absolute Gasteiger partial charge is 0.224 e. The van der Waals surface area contributed by atoms with Crippen molar-refractivity contribution in [1.82, 2.24) is 9.97 Å². The first-order chi connectivity index (χ1) is 7.27. The average molecular weight is 274 g/mol. The van der Waals surface area contributed by atoms with Crippen molar-refractivity contribution in [2.45, 2.75) is 13.3 Å². The van der Waals surface area contributed by atoms with E-state index >= 15 is 0 Å². The molecule has 0 saturated heterocycles.